The predicted octanol–water partition coefficient (Wildman–Crippen LogP) is 1.54. The van der Waals surface area contributed by atoms with Gasteiger partial charge < -0.3 is 5.73 Å². The molecule has 0 bridgehead atoms. The molecule has 2 aliphatic rings. The molecular formula is C12H19ClN4. The van der Waals surface area contributed by atoms with Crippen molar-refractivity contribution in [1.82, 2.24) is 15.1 Å². The lowest BCUT2D eigenvalue weighted by atomic mass is 9.99. The van der Waals surface area contributed by atoms with Crippen molar-refractivity contribution in [2.45, 2.75) is 32.4 Å². The number of halogens is 1. The summed E-state index contributed by atoms with van der Waals surface area (Å²) in [6, 6.07) is 0.335. The monoisotopic (exact) mass is 254 g/mol. The van der Waals surface area contributed by atoms with E-state index in [0.717, 1.165) is 42.0 Å². The average molecular weight is 255 g/mol. The number of nitrogens with zero attached hydrogens (tertiary/aromatic N) is 2. The summed E-state index contributed by atoms with van der Waals surface area (Å²) in [6.07, 6.45) is 2.74. The molecule has 2 heterocycles. The number of aromatic amines is 1. The summed E-state index contributed by atoms with van der Waals surface area (Å²) >= 11 is 6.18. The van der Waals surface area contributed by atoms with Crippen LogP contribution in [-0.2, 0) is 6.54 Å². The SMILES string of the molecule is Cc1[nH]nc(CN2C[C@H](C3CC3)[C@@H](N)C2)c1Cl. The minimum absolute atomic E-state index is 0.335. The Morgan fingerprint density at radius 2 is 2.24 bits per heavy atom. The topological polar surface area (TPSA) is 57.9 Å². The highest BCUT2D eigenvalue weighted by atomic mass is 35.5. The third-order valence-electron chi connectivity index (χ3n) is 4.03. The van der Waals surface area contributed by atoms with Gasteiger partial charge in [-0.1, -0.05) is 11.6 Å². The number of nitrogens with one attached hydrogen (secondary N) is 1. The van der Waals surface area contributed by atoms with Crippen LogP contribution in [0.5, 0.6) is 0 Å². The molecule has 0 spiro atoms. The molecule has 1 aliphatic carbocycles. The lowest BCUT2D eigenvalue weighted by molar-refractivity contribution is 0.306. The van der Waals surface area contributed by atoms with Gasteiger partial charge in [0.05, 0.1) is 16.4 Å². The lowest BCUT2D eigenvalue weighted by Crippen LogP contribution is -2.30. The number of rotatable bonds is 3. The first-order chi connectivity index (χ1) is 8.15. The number of H-pyrrole nitrogens is 1. The van der Waals surface area contributed by atoms with Crippen LogP contribution in [-0.4, -0.2) is 34.2 Å². The van der Waals surface area contributed by atoms with Gasteiger partial charge in [0.2, 0.25) is 0 Å². The second kappa shape index (κ2) is 4.26. The van der Waals surface area contributed by atoms with Crippen LogP contribution >= 0.6 is 11.6 Å². The molecule has 1 aliphatic heterocycles. The molecule has 3 N–H and O–H groups in total. The van der Waals surface area contributed by atoms with Gasteiger partial charge >= 0.3 is 0 Å². The molecule has 5 heteroatoms. The summed E-state index contributed by atoms with van der Waals surface area (Å²) in [5.41, 5.74) is 8.10. The molecule has 17 heavy (non-hydrogen) atoms. The van der Waals surface area contributed by atoms with E-state index in [1.807, 2.05) is 6.92 Å². The van der Waals surface area contributed by atoms with Crippen LogP contribution in [0.4, 0.5) is 0 Å². The quantitative estimate of drug-likeness (QED) is 0.860. The van der Waals surface area contributed by atoms with Gasteiger partial charge in [0.15, 0.2) is 0 Å². The Kier molecular flexibility index (Phi) is 2.89. The smallest absolute Gasteiger partial charge is 0.0951 e. The first-order valence-corrected chi connectivity index (χ1v) is 6.70. The van der Waals surface area contributed by atoms with Crippen molar-refractivity contribution in [3.05, 3.63) is 16.4 Å². The molecule has 1 saturated heterocycles. The van der Waals surface area contributed by atoms with Crippen molar-refractivity contribution in [3.8, 4) is 0 Å². The number of nitrogens with two attached hydrogens (primary N) is 1. The Bertz CT molecular complexity index is 413. The minimum Gasteiger partial charge on any atom is -0.326 e. The Morgan fingerprint density at radius 3 is 2.82 bits per heavy atom. The Labute approximate surface area is 107 Å². The summed E-state index contributed by atoms with van der Waals surface area (Å²) < 4.78 is 0. The standard InChI is InChI=1S/C12H19ClN4/c1-7-12(13)11(16-15-7)6-17-4-9(8-2-3-8)10(14)5-17/h8-10H,2-6,14H2,1H3,(H,15,16)/t9-,10+/m1/s1. The summed E-state index contributed by atoms with van der Waals surface area (Å²) in [7, 11) is 0. The van der Waals surface area contributed by atoms with Gasteiger partial charge in [-0.15, -0.1) is 0 Å². The summed E-state index contributed by atoms with van der Waals surface area (Å²) in [5, 5.41) is 7.95. The van der Waals surface area contributed by atoms with Crippen molar-refractivity contribution in [1.29, 1.82) is 0 Å². The maximum absolute atomic E-state index is 6.20. The molecular weight excluding hydrogens is 236 g/mol. The minimum atomic E-state index is 0.335. The Hall–Kier alpha value is -0.580. The van der Waals surface area contributed by atoms with E-state index >= 15 is 0 Å². The Morgan fingerprint density at radius 1 is 1.47 bits per heavy atom. The molecule has 2 atom stereocenters. The molecule has 1 aromatic rings. The first-order valence-electron chi connectivity index (χ1n) is 6.32. The number of aryl methyl sites for hydroxylation is 1. The van der Waals surface area contributed by atoms with Gasteiger partial charge in [0, 0.05) is 25.7 Å². The van der Waals surface area contributed by atoms with Gasteiger partial charge in [-0.3, -0.25) is 10.00 Å². The van der Waals surface area contributed by atoms with Gasteiger partial charge in [0.25, 0.3) is 0 Å². The van der Waals surface area contributed by atoms with Crippen LogP contribution in [0.3, 0.4) is 0 Å². The van der Waals surface area contributed by atoms with Crippen molar-refractivity contribution in [3.63, 3.8) is 0 Å². The van der Waals surface area contributed by atoms with Crippen molar-refractivity contribution >= 4 is 11.6 Å². The van der Waals surface area contributed by atoms with Crippen molar-refractivity contribution in [2.24, 2.45) is 17.6 Å². The van der Waals surface area contributed by atoms with E-state index in [1.54, 1.807) is 0 Å². The molecule has 0 aromatic carbocycles. The summed E-state index contributed by atoms with van der Waals surface area (Å²) in [6.45, 7) is 4.85. The molecule has 0 radical (unpaired) electrons. The molecule has 0 amide bonds. The highest BCUT2D eigenvalue weighted by molar-refractivity contribution is 6.31. The fraction of sp³-hybridized carbons (Fsp3) is 0.750. The molecule has 1 aromatic heterocycles. The highest BCUT2D eigenvalue weighted by Crippen LogP contribution is 2.41. The average Bonchev–Trinajstić information content (AvgIpc) is 3.01. The highest BCUT2D eigenvalue weighted by Gasteiger charge is 2.40. The van der Waals surface area contributed by atoms with Crippen molar-refractivity contribution < 1.29 is 0 Å². The lowest BCUT2D eigenvalue weighted by Gasteiger charge is -2.14. The zero-order valence-electron chi connectivity index (χ0n) is 10.1. The molecule has 1 saturated carbocycles. The number of likely N-dealkylation sites (tertiary alicyclic amines) is 1. The molecule has 0 unspecified atom stereocenters. The third kappa shape index (κ3) is 2.21. The second-order valence-corrected chi connectivity index (χ2v) is 5.85. The van der Waals surface area contributed by atoms with E-state index in [9.17, 15) is 0 Å². The van der Waals surface area contributed by atoms with E-state index in [-0.39, 0.29) is 0 Å². The summed E-state index contributed by atoms with van der Waals surface area (Å²) in [5.74, 6) is 1.57. The van der Waals surface area contributed by atoms with E-state index in [4.69, 9.17) is 17.3 Å². The molecule has 3 rings (SSSR count). The third-order valence-corrected chi connectivity index (χ3v) is 4.53. The number of hydrogen-bond donors (Lipinski definition) is 2. The van der Waals surface area contributed by atoms with Crippen LogP contribution in [0.2, 0.25) is 5.02 Å². The van der Waals surface area contributed by atoms with Gasteiger partial charge in [0.1, 0.15) is 0 Å². The van der Waals surface area contributed by atoms with Crippen LogP contribution in [0.1, 0.15) is 24.2 Å². The molecule has 4 nitrogen and oxygen atoms in total. The van der Waals surface area contributed by atoms with Crippen LogP contribution in [0.15, 0.2) is 0 Å². The van der Waals surface area contributed by atoms with E-state index in [2.05, 4.69) is 15.1 Å². The molecule has 94 valence electrons. The van der Waals surface area contributed by atoms with Gasteiger partial charge in [-0.25, -0.2) is 0 Å². The number of hydrogen-bond acceptors (Lipinski definition) is 3. The van der Waals surface area contributed by atoms with Gasteiger partial charge in [-0.2, -0.15) is 5.10 Å². The van der Waals surface area contributed by atoms with Crippen LogP contribution in [0.25, 0.3) is 0 Å². The Balaban J connectivity index is 1.65. The first kappa shape index (κ1) is 11.5. The second-order valence-electron chi connectivity index (χ2n) is 5.47. The normalized spacial score (nSPS) is 30.1. The van der Waals surface area contributed by atoms with Crippen LogP contribution in [0, 0.1) is 18.8 Å². The maximum atomic E-state index is 6.20. The fourth-order valence-electron chi connectivity index (χ4n) is 2.88. The predicted molar refractivity (Wildman–Crippen MR) is 67.8 cm³/mol. The van der Waals surface area contributed by atoms with Crippen molar-refractivity contribution in [2.75, 3.05) is 13.1 Å². The summed E-state index contributed by atoms with van der Waals surface area (Å²) in [4.78, 5) is 2.38. The molecule has 2 fully saturated rings. The zero-order chi connectivity index (χ0) is 12.0. The van der Waals surface area contributed by atoms with Gasteiger partial charge in [-0.05, 0) is 31.6 Å². The number of aromatic nitrogens is 2. The maximum Gasteiger partial charge on any atom is 0.0951 e. The zero-order valence-corrected chi connectivity index (χ0v) is 10.9. The fourth-order valence-corrected chi connectivity index (χ4v) is 3.02. The van der Waals surface area contributed by atoms with E-state index < -0.39 is 0 Å². The van der Waals surface area contributed by atoms with Crippen LogP contribution < -0.4 is 5.73 Å². The van der Waals surface area contributed by atoms with E-state index in [0.29, 0.717) is 12.0 Å². The van der Waals surface area contributed by atoms with E-state index in [1.165, 1.54) is 12.8 Å². The largest absolute Gasteiger partial charge is 0.326 e.